The van der Waals surface area contributed by atoms with Crippen molar-refractivity contribution < 1.29 is 19.4 Å². The number of carboxylic acid groups (broad SMARTS) is 1. The van der Waals surface area contributed by atoms with Crippen LogP contribution in [-0.4, -0.2) is 51.4 Å². The van der Waals surface area contributed by atoms with Crippen LogP contribution in [-0.2, 0) is 16.0 Å². The van der Waals surface area contributed by atoms with Gasteiger partial charge in [-0.15, -0.1) is 0 Å². The Morgan fingerprint density at radius 2 is 2.00 bits per heavy atom. The molecule has 0 saturated carbocycles. The summed E-state index contributed by atoms with van der Waals surface area (Å²) >= 11 is 0. The van der Waals surface area contributed by atoms with E-state index in [1.165, 1.54) is 11.8 Å². The molecule has 1 saturated heterocycles. The molecule has 0 bridgehead atoms. The summed E-state index contributed by atoms with van der Waals surface area (Å²) in [7, 11) is 0. The zero-order valence-corrected chi connectivity index (χ0v) is 16.0. The molecule has 1 N–H and O–H groups in total. The van der Waals surface area contributed by atoms with E-state index in [0.29, 0.717) is 31.8 Å². The number of likely N-dealkylation sites (tertiary alicyclic amines) is 1. The summed E-state index contributed by atoms with van der Waals surface area (Å²) in [5, 5.41) is 13.5. The first-order chi connectivity index (χ1) is 13.5. The average Bonchev–Trinajstić information content (AvgIpc) is 3.10. The number of fused-ring (bicyclic) bond motifs is 1. The van der Waals surface area contributed by atoms with Gasteiger partial charge in [0.05, 0.1) is 37.1 Å². The Morgan fingerprint density at radius 3 is 2.71 bits per heavy atom. The van der Waals surface area contributed by atoms with Crippen LogP contribution < -0.4 is 0 Å². The number of piperidine rings is 1. The van der Waals surface area contributed by atoms with Crippen LogP contribution in [0.25, 0.3) is 0 Å². The Bertz CT molecular complexity index is 884. The maximum Gasteiger partial charge on any atom is 0.339 e. The second-order valence-electron chi connectivity index (χ2n) is 7.52. The van der Waals surface area contributed by atoms with Gasteiger partial charge < -0.3 is 14.7 Å². The van der Waals surface area contributed by atoms with Crippen molar-refractivity contribution in [3.63, 3.8) is 0 Å². The van der Waals surface area contributed by atoms with Crippen LogP contribution in [0.3, 0.4) is 0 Å². The van der Waals surface area contributed by atoms with E-state index < -0.39 is 5.97 Å². The van der Waals surface area contributed by atoms with Crippen molar-refractivity contribution in [3.8, 4) is 0 Å². The molecule has 2 aliphatic heterocycles. The molecule has 0 spiro atoms. The molecule has 1 amide bonds. The highest BCUT2D eigenvalue weighted by Crippen LogP contribution is 2.31. The van der Waals surface area contributed by atoms with Gasteiger partial charge in [-0.3, -0.25) is 9.48 Å². The van der Waals surface area contributed by atoms with Gasteiger partial charge in [-0.1, -0.05) is 24.3 Å². The zero-order valence-electron chi connectivity index (χ0n) is 16.0. The van der Waals surface area contributed by atoms with Crippen molar-refractivity contribution in [1.82, 2.24) is 14.7 Å². The lowest BCUT2D eigenvalue weighted by atomic mass is 9.95. The van der Waals surface area contributed by atoms with Gasteiger partial charge >= 0.3 is 5.97 Å². The predicted octanol–water partition coefficient (Wildman–Crippen LogP) is 2.76. The van der Waals surface area contributed by atoms with Gasteiger partial charge in [-0.25, -0.2) is 4.79 Å². The zero-order chi connectivity index (χ0) is 19.7. The first-order valence-corrected chi connectivity index (χ1v) is 9.79. The first-order valence-electron chi connectivity index (χ1n) is 9.79. The van der Waals surface area contributed by atoms with Crippen LogP contribution in [0.4, 0.5) is 0 Å². The first kappa shape index (κ1) is 18.7. The van der Waals surface area contributed by atoms with Crippen LogP contribution in [0.2, 0.25) is 0 Å². The number of benzene rings is 1. The van der Waals surface area contributed by atoms with Crippen molar-refractivity contribution in [3.05, 3.63) is 52.8 Å². The molecule has 2 aromatic rings. The molecule has 2 aliphatic rings. The number of carbonyl (C=O) groups is 2. The molecule has 1 fully saturated rings. The number of hydrogen-bond donors (Lipinski definition) is 1. The Labute approximate surface area is 163 Å². The van der Waals surface area contributed by atoms with E-state index >= 15 is 0 Å². The summed E-state index contributed by atoms with van der Waals surface area (Å²) in [6.45, 7) is 3.74. The van der Waals surface area contributed by atoms with Gasteiger partial charge in [0.2, 0.25) is 5.91 Å². The Hall–Kier alpha value is -2.67. The third-order valence-corrected chi connectivity index (χ3v) is 5.89. The van der Waals surface area contributed by atoms with Crippen LogP contribution in [0.15, 0.2) is 30.5 Å². The van der Waals surface area contributed by atoms with E-state index in [2.05, 4.69) is 17.2 Å². The molecule has 3 heterocycles. The van der Waals surface area contributed by atoms with E-state index in [-0.39, 0.29) is 23.6 Å². The van der Waals surface area contributed by atoms with Gasteiger partial charge in [0.25, 0.3) is 0 Å². The van der Waals surface area contributed by atoms with E-state index in [9.17, 15) is 14.7 Å². The molecule has 1 atom stereocenters. The van der Waals surface area contributed by atoms with Crippen molar-refractivity contribution in [2.75, 3.05) is 19.7 Å². The van der Waals surface area contributed by atoms with Gasteiger partial charge in [0.1, 0.15) is 5.56 Å². The third kappa shape index (κ3) is 3.54. The molecule has 7 heteroatoms. The number of ether oxygens (including phenoxy) is 1. The quantitative estimate of drug-likeness (QED) is 0.878. The number of amides is 1. The van der Waals surface area contributed by atoms with E-state index in [1.54, 1.807) is 11.6 Å². The minimum Gasteiger partial charge on any atom is -0.478 e. The molecule has 7 nitrogen and oxygen atoms in total. The van der Waals surface area contributed by atoms with Crippen LogP contribution in [0, 0.1) is 6.92 Å². The predicted molar refractivity (Wildman–Crippen MR) is 102 cm³/mol. The molecule has 28 heavy (non-hydrogen) atoms. The molecule has 148 valence electrons. The van der Waals surface area contributed by atoms with Crippen LogP contribution in [0.1, 0.15) is 58.6 Å². The minimum atomic E-state index is -0.955. The van der Waals surface area contributed by atoms with Crippen LogP contribution in [0.5, 0.6) is 0 Å². The lowest BCUT2D eigenvalue weighted by molar-refractivity contribution is -0.136. The highest BCUT2D eigenvalue weighted by molar-refractivity contribution is 5.88. The number of aromatic carboxylic acids is 1. The van der Waals surface area contributed by atoms with Gasteiger partial charge in [-0.05, 0) is 37.3 Å². The normalized spacial score (nSPS) is 20.0. The van der Waals surface area contributed by atoms with Crippen molar-refractivity contribution >= 4 is 11.9 Å². The highest BCUT2D eigenvalue weighted by Gasteiger charge is 2.29. The average molecular weight is 383 g/mol. The summed E-state index contributed by atoms with van der Waals surface area (Å²) in [5.74, 6) is -0.840. The highest BCUT2D eigenvalue weighted by atomic mass is 16.5. The van der Waals surface area contributed by atoms with Crippen molar-refractivity contribution in [2.45, 2.75) is 44.8 Å². The molecular formula is C21H25N3O4. The standard InChI is InChI=1S/C21H25N3O4/c1-14-18(21(26)27)13-22-24(14)16-6-9-23(10-7-16)20(25)12-19-17-5-3-2-4-15(17)8-11-28-19/h2-5,13,16,19H,6-12H2,1H3,(H,26,27). The number of hydrogen-bond acceptors (Lipinski definition) is 4. The molecule has 0 aliphatic carbocycles. The Balaban J connectivity index is 1.37. The summed E-state index contributed by atoms with van der Waals surface area (Å²) in [6, 6.07) is 8.32. The SMILES string of the molecule is Cc1c(C(=O)O)cnn1C1CCN(C(=O)CC2OCCc3ccccc32)CC1. The fourth-order valence-corrected chi connectivity index (χ4v) is 4.29. The summed E-state index contributed by atoms with van der Waals surface area (Å²) in [4.78, 5) is 25.9. The van der Waals surface area contributed by atoms with Crippen molar-refractivity contribution in [1.29, 1.82) is 0 Å². The van der Waals surface area contributed by atoms with Gasteiger partial charge in [-0.2, -0.15) is 5.10 Å². The summed E-state index contributed by atoms with van der Waals surface area (Å²) in [5.41, 5.74) is 3.31. The fraction of sp³-hybridized carbons (Fsp3) is 0.476. The molecule has 1 aromatic carbocycles. The summed E-state index contributed by atoms with van der Waals surface area (Å²) in [6.07, 6.45) is 4.05. The molecule has 0 radical (unpaired) electrons. The second kappa shape index (κ2) is 7.75. The van der Waals surface area contributed by atoms with Crippen molar-refractivity contribution in [2.24, 2.45) is 0 Å². The maximum absolute atomic E-state index is 12.8. The lowest BCUT2D eigenvalue weighted by Gasteiger charge is -2.34. The number of carboxylic acids is 1. The monoisotopic (exact) mass is 383 g/mol. The Morgan fingerprint density at radius 1 is 1.25 bits per heavy atom. The van der Waals surface area contributed by atoms with E-state index in [1.807, 2.05) is 17.0 Å². The molecular weight excluding hydrogens is 358 g/mol. The number of rotatable bonds is 4. The number of nitrogens with zero attached hydrogens (tertiary/aromatic N) is 3. The fourth-order valence-electron chi connectivity index (χ4n) is 4.29. The maximum atomic E-state index is 12.8. The van der Waals surface area contributed by atoms with Gasteiger partial charge in [0.15, 0.2) is 0 Å². The molecule has 1 aromatic heterocycles. The molecule has 1 unspecified atom stereocenters. The van der Waals surface area contributed by atoms with Crippen LogP contribution >= 0.6 is 0 Å². The van der Waals surface area contributed by atoms with E-state index in [4.69, 9.17) is 4.74 Å². The second-order valence-corrected chi connectivity index (χ2v) is 7.52. The smallest absolute Gasteiger partial charge is 0.339 e. The topological polar surface area (TPSA) is 84.7 Å². The summed E-state index contributed by atoms with van der Waals surface area (Å²) < 4.78 is 7.68. The lowest BCUT2D eigenvalue weighted by Crippen LogP contribution is -2.40. The largest absolute Gasteiger partial charge is 0.478 e. The van der Waals surface area contributed by atoms with E-state index in [0.717, 1.165) is 24.8 Å². The Kier molecular flexibility index (Phi) is 5.17. The number of aromatic nitrogens is 2. The third-order valence-electron chi connectivity index (χ3n) is 5.89. The number of carbonyl (C=O) groups excluding carboxylic acids is 1. The minimum absolute atomic E-state index is 0.114. The molecule has 4 rings (SSSR count). The van der Waals surface area contributed by atoms with Gasteiger partial charge in [0, 0.05) is 13.1 Å².